The number of hydrogen-bond donors (Lipinski definition) is 1. The van der Waals surface area contributed by atoms with E-state index in [2.05, 4.69) is 11.9 Å². The highest BCUT2D eigenvalue weighted by molar-refractivity contribution is 6.01. The average molecular weight is 525 g/mol. The number of nitrogens with zero attached hydrogens (tertiary/aromatic N) is 1. The summed E-state index contributed by atoms with van der Waals surface area (Å²) in [5.41, 5.74) is 3.08. The number of rotatable bonds is 11. The predicted octanol–water partition coefficient (Wildman–Crippen LogP) is 4.71. The van der Waals surface area contributed by atoms with Crippen molar-refractivity contribution in [2.45, 2.75) is 38.6 Å². The smallest absolute Gasteiger partial charge is 0.356 e. The number of nitrogens with one attached hydrogen (secondary N) is 1. The largest absolute Gasteiger partial charge is 0.448 e. The Morgan fingerprint density at radius 1 is 0.923 bits per heavy atom. The molecule has 7 heteroatoms. The maximum absolute atomic E-state index is 13.7. The van der Waals surface area contributed by atoms with Gasteiger partial charge in [-0.05, 0) is 36.1 Å². The van der Waals surface area contributed by atoms with Crippen molar-refractivity contribution < 1.29 is 23.9 Å². The fourth-order valence-corrected chi connectivity index (χ4v) is 4.47. The Morgan fingerprint density at radius 3 is 1.97 bits per heavy atom. The molecule has 0 unspecified atom stereocenters. The quantitative estimate of drug-likeness (QED) is 0.170. The minimum atomic E-state index is -0.942. The third-order valence-corrected chi connectivity index (χ3v) is 6.29. The summed E-state index contributed by atoms with van der Waals surface area (Å²) in [6, 6.07) is 27.1. The lowest BCUT2D eigenvalue weighted by molar-refractivity contribution is -0.181. The molecule has 1 aliphatic rings. The summed E-state index contributed by atoms with van der Waals surface area (Å²) in [7, 11) is 0. The van der Waals surface area contributed by atoms with E-state index in [9.17, 15) is 14.4 Å². The molecule has 1 N–H and O–H groups in total. The Kier molecular flexibility index (Phi) is 9.07. The second-order valence-electron chi connectivity index (χ2n) is 9.38. The first kappa shape index (κ1) is 27.5. The highest BCUT2D eigenvalue weighted by Crippen LogP contribution is 2.32. The van der Waals surface area contributed by atoms with Gasteiger partial charge in [-0.25, -0.2) is 4.79 Å². The number of ether oxygens (including phenoxy) is 2. The van der Waals surface area contributed by atoms with Gasteiger partial charge in [0.15, 0.2) is 18.4 Å². The van der Waals surface area contributed by atoms with Gasteiger partial charge >= 0.3 is 5.97 Å². The Morgan fingerprint density at radius 2 is 1.46 bits per heavy atom. The summed E-state index contributed by atoms with van der Waals surface area (Å²) in [4.78, 5) is 41.0. The minimum absolute atomic E-state index is 0.0829. The molecule has 1 saturated heterocycles. The molecule has 0 spiro atoms. The van der Waals surface area contributed by atoms with Gasteiger partial charge in [-0.3, -0.25) is 14.5 Å². The second kappa shape index (κ2) is 12.8. The molecule has 4 rings (SSSR count). The Labute approximate surface area is 228 Å². The maximum Gasteiger partial charge on any atom is 0.356 e. The van der Waals surface area contributed by atoms with Crippen LogP contribution in [0.25, 0.3) is 0 Å². The number of esters is 1. The molecule has 1 fully saturated rings. The van der Waals surface area contributed by atoms with Crippen LogP contribution in [0.5, 0.6) is 0 Å². The summed E-state index contributed by atoms with van der Waals surface area (Å²) in [6.07, 6.45) is 0.0938. The molecule has 3 aromatic rings. The van der Waals surface area contributed by atoms with Crippen molar-refractivity contribution in [3.8, 4) is 0 Å². The third-order valence-electron chi connectivity index (χ3n) is 6.29. The van der Waals surface area contributed by atoms with Gasteiger partial charge in [0.25, 0.3) is 5.91 Å². The van der Waals surface area contributed by atoms with Crippen molar-refractivity contribution in [1.29, 1.82) is 0 Å². The SMILES string of the molecule is C=CCO[C@H]1[C@@H](NC(=O)Cc2ccccc2)C(=O)N1C(C(=O)OC(c1ccccc1)c1ccccc1)=C(C)C. The molecule has 0 saturated carbocycles. The topological polar surface area (TPSA) is 84.9 Å². The van der Waals surface area contributed by atoms with Gasteiger partial charge in [0.2, 0.25) is 5.91 Å². The van der Waals surface area contributed by atoms with Gasteiger partial charge in [0.05, 0.1) is 13.0 Å². The highest BCUT2D eigenvalue weighted by atomic mass is 16.5. The van der Waals surface area contributed by atoms with E-state index in [1.807, 2.05) is 91.0 Å². The average Bonchev–Trinajstić information content (AvgIpc) is 2.95. The number of amides is 2. The van der Waals surface area contributed by atoms with E-state index < -0.39 is 30.3 Å². The van der Waals surface area contributed by atoms with Crippen LogP contribution in [0, 0.1) is 0 Å². The lowest BCUT2D eigenvalue weighted by atomic mass is 9.99. The van der Waals surface area contributed by atoms with Crippen molar-refractivity contribution in [3.63, 3.8) is 0 Å². The van der Waals surface area contributed by atoms with Crippen molar-refractivity contribution >= 4 is 17.8 Å². The van der Waals surface area contributed by atoms with Crippen LogP contribution in [0.15, 0.2) is 115 Å². The fourth-order valence-electron chi connectivity index (χ4n) is 4.47. The van der Waals surface area contributed by atoms with E-state index in [1.54, 1.807) is 19.9 Å². The molecule has 7 nitrogen and oxygen atoms in total. The maximum atomic E-state index is 13.7. The van der Waals surface area contributed by atoms with Crippen molar-refractivity contribution in [3.05, 3.63) is 132 Å². The zero-order valence-corrected chi connectivity index (χ0v) is 22.1. The van der Waals surface area contributed by atoms with Crippen molar-refractivity contribution in [1.82, 2.24) is 10.2 Å². The summed E-state index contributed by atoms with van der Waals surface area (Å²) in [6.45, 7) is 7.27. The summed E-state index contributed by atoms with van der Waals surface area (Å²) in [5, 5.41) is 2.76. The second-order valence-corrected chi connectivity index (χ2v) is 9.38. The first-order valence-electron chi connectivity index (χ1n) is 12.8. The minimum Gasteiger partial charge on any atom is -0.448 e. The number of hydrogen-bond acceptors (Lipinski definition) is 5. The molecule has 200 valence electrons. The van der Waals surface area contributed by atoms with E-state index in [-0.39, 0.29) is 24.6 Å². The molecular weight excluding hydrogens is 492 g/mol. The standard InChI is InChI=1S/C32H32N2O5/c1-4-20-38-31-27(33-26(35)21-23-14-8-5-9-15-23)30(36)34(31)28(22(2)3)32(37)39-29(24-16-10-6-11-17-24)25-18-12-7-13-19-25/h4-19,27,29,31H,1,20-21H2,2-3H3,(H,33,35)/t27-,31-/m0/s1. The monoisotopic (exact) mass is 524 g/mol. The molecule has 1 aliphatic heterocycles. The predicted molar refractivity (Wildman–Crippen MR) is 148 cm³/mol. The van der Waals surface area contributed by atoms with Gasteiger partial charge in [-0.15, -0.1) is 6.58 Å². The molecule has 0 aromatic heterocycles. The lowest BCUT2D eigenvalue weighted by Gasteiger charge is -2.47. The van der Waals surface area contributed by atoms with E-state index in [0.717, 1.165) is 16.7 Å². The number of likely N-dealkylation sites (tertiary alicyclic amines) is 1. The highest BCUT2D eigenvalue weighted by Gasteiger charge is 2.52. The Bertz CT molecular complexity index is 1300. The summed E-state index contributed by atoms with van der Waals surface area (Å²) < 4.78 is 11.9. The third kappa shape index (κ3) is 6.51. The number of β-lactam (4-membered cyclic amide) rings is 1. The number of carbonyl (C=O) groups excluding carboxylic acids is 3. The van der Waals surface area contributed by atoms with Crippen LogP contribution in [0.2, 0.25) is 0 Å². The van der Waals surface area contributed by atoms with E-state index in [0.29, 0.717) is 5.57 Å². The van der Waals surface area contributed by atoms with Gasteiger partial charge in [0.1, 0.15) is 5.70 Å². The first-order chi connectivity index (χ1) is 18.9. The van der Waals surface area contributed by atoms with E-state index in [1.165, 1.54) is 4.90 Å². The van der Waals surface area contributed by atoms with Crippen LogP contribution in [-0.2, 0) is 30.3 Å². The number of allylic oxidation sites excluding steroid dienone is 1. The zero-order valence-electron chi connectivity index (χ0n) is 22.1. The molecule has 0 bridgehead atoms. The molecule has 2 atom stereocenters. The van der Waals surface area contributed by atoms with Crippen LogP contribution in [0.4, 0.5) is 0 Å². The fraction of sp³-hybridized carbons (Fsp3) is 0.219. The molecule has 2 amide bonds. The van der Waals surface area contributed by atoms with Crippen LogP contribution in [-0.4, -0.2) is 41.6 Å². The van der Waals surface area contributed by atoms with Crippen molar-refractivity contribution in [2.75, 3.05) is 6.61 Å². The Balaban J connectivity index is 1.56. The van der Waals surface area contributed by atoms with Crippen LogP contribution < -0.4 is 5.32 Å². The van der Waals surface area contributed by atoms with E-state index >= 15 is 0 Å². The molecule has 3 aromatic carbocycles. The van der Waals surface area contributed by atoms with Gasteiger partial charge in [0, 0.05) is 0 Å². The van der Waals surface area contributed by atoms with Gasteiger partial charge in [-0.1, -0.05) is 97.1 Å². The van der Waals surface area contributed by atoms with Crippen LogP contribution >= 0.6 is 0 Å². The number of benzene rings is 3. The molecule has 39 heavy (non-hydrogen) atoms. The molecule has 0 aliphatic carbocycles. The van der Waals surface area contributed by atoms with Gasteiger partial charge < -0.3 is 14.8 Å². The van der Waals surface area contributed by atoms with Crippen LogP contribution in [0.1, 0.15) is 36.6 Å². The molecular formula is C32H32N2O5. The first-order valence-corrected chi connectivity index (χ1v) is 12.8. The van der Waals surface area contributed by atoms with Gasteiger partial charge in [-0.2, -0.15) is 0 Å². The lowest BCUT2D eigenvalue weighted by Crippen LogP contribution is -2.71. The number of carbonyl (C=O) groups is 3. The van der Waals surface area contributed by atoms with Crippen molar-refractivity contribution in [2.24, 2.45) is 0 Å². The molecule has 0 radical (unpaired) electrons. The van der Waals surface area contributed by atoms with E-state index in [4.69, 9.17) is 9.47 Å². The summed E-state index contributed by atoms with van der Waals surface area (Å²) in [5.74, 6) is -1.43. The summed E-state index contributed by atoms with van der Waals surface area (Å²) >= 11 is 0. The van der Waals surface area contributed by atoms with Crippen LogP contribution in [0.3, 0.4) is 0 Å². The zero-order chi connectivity index (χ0) is 27.8. The Hall–Kier alpha value is -4.49. The molecule has 1 heterocycles. The normalized spacial score (nSPS) is 16.3.